The lowest BCUT2D eigenvalue weighted by Gasteiger charge is -2.15. The number of nitrogens with one attached hydrogen (secondary N) is 2. The molecule has 1 aliphatic rings. The number of methoxy groups -OCH3 is 1. The molecule has 2 N–H and O–H groups in total. The number of H-pyrrole nitrogens is 1. The van der Waals surface area contributed by atoms with E-state index in [1.165, 1.54) is 6.33 Å². The van der Waals surface area contributed by atoms with Gasteiger partial charge in [-0.2, -0.15) is 4.68 Å². The van der Waals surface area contributed by atoms with Gasteiger partial charge in [-0.1, -0.05) is 23.7 Å². The minimum atomic E-state index is -0.212. The molecule has 0 aliphatic carbocycles. The average molecular weight is 571 g/mol. The smallest absolute Gasteiger partial charge is 0.252 e. The molecule has 0 fully saturated rings. The molecule has 3 aromatic heterocycles. The zero-order valence-electron chi connectivity index (χ0n) is 22.2. The van der Waals surface area contributed by atoms with E-state index in [4.69, 9.17) is 16.3 Å². The third-order valence-corrected chi connectivity index (χ3v) is 7.41. The van der Waals surface area contributed by atoms with Crippen molar-refractivity contribution in [3.63, 3.8) is 0 Å². The summed E-state index contributed by atoms with van der Waals surface area (Å²) in [4.78, 5) is 33.8. The van der Waals surface area contributed by atoms with E-state index in [9.17, 15) is 9.59 Å². The lowest BCUT2D eigenvalue weighted by molar-refractivity contribution is 0.0948. The maximum atomic E-state index is 13.5. The van der Waals surface area contributed by atoms with Crippen LogP contribution in [0.15, 0.2) is 71.9 Å². The van der Waals surface area contributed by atoms with Gasteiger partial charge in [0.25, 0.3) is 11.5 Å². The number of rotatable bonds is 9. The number of fused-ring (bicyclic) bond motifs is 1. The van der Waals surface area contributed by atoms with Gasteiger partial charge < -0.3 is 19.6 Å². The van der Waals surface area contributed by atoms with Crippen molar-refractivity contribution in [2.75, 3.05) is 20.3 Å². The van der Waals surface area contributed by atoms with Crippen molar-refractivity contribution in [3.8, 4) is 28.1 Å². The first-order valence-corrected chi connectivity index (χ1v) is 13.6. The maximum Gasteiger partial charge on any atom is 0.252 e. The normalized spacial score (nSPS) is 14.2. The van der Waals surface area contributed by atoms with E-state index >= 15 is 0 Å². The Morgan fingerprint density at radius 1 is 1.15 bits per heavy atom. The van der Waals surface area contributed by atoms with E-state index in [0.717, 1.165) is 53.0 Å². The fourth-order valence-corrected chi connectivity index (χ4v) is 5.37. The molecule has 0 saturated heterocycles. The van der Waals surface area contributed by atoms with E-state index in [-0.39, 0.29) is 17.5 Å². The lowest BCUT2D eigenvalue weighted by Crippen LogP contribution is -2.25. The Morgan fingerprint density at radius 2 is 2.00 bits per heavy atom. The summed E-state index contributed by atoms with van der Waals surface area (Å²) in [5, 5.41) is 14.9. The van der Waals surface area contributed by atoms with Gasteiger partial charge in [-0.3, -0.25) is 9.59 Å². The molecule has 208 valence electrons. The van der Waals surface area contributed by atoms with E-state index in [2.05, 4.69) is 30.8 Å². The minimum Gasteiger partial charge on any atom is -0.385 e. The molecule has 1 aliphatic heterocycles. The molecule has 0 radical (unpaired) electrons. The quantitative estimate of drug-likeness (QED) is 0.257. The van der Waals surface area contributed by atoms with Crippen LogP contribution in [0.2, 0.25) is 5.02 Å². The second-order valence-corrected chi connectivity index (χ2v) is 10.2. The first kappa shape index (κ1) is 26.6. The second-order valence-electron chi connectivity index (χ2n) is 9.78. The number of aryl methyl sites for hydroxylation is 1. The molecule has 0 saturated carbocycles. The highest BCUT2D eigenvalue weighted by Crippen LogP contribution is 2.34. The van der Waals surface area contributed by atoms with Crippen LogP contribution in [0.3, 0.4) is 0 Å². The molecule has 41 heavy (non-hydrogen) atoms. The van der Waals surface area contributed by atoms with Gasteiger partial charge in [0.15, 0.2) is 0 Å². The number of ether oxygens (including phenoxy) is 1. The van der Waals surface area contributed by atoms with Gasteiger partial charge in [0.1, 0.15) is 12.2 Å². The second kappa shape index (κ2) is 11.5. The number of pyridine rings is 1. The van der Waals surface area contributed by atoms with E-state index in [1.807, 2.05) is 30.3 Å². The number of hydrogen-bond acceptors (Lipinski definition) is 7. The van der Waals surface area contributed by atoms with Crippen molar-refractivity contribution in [3.05, 3.63) is 99.6 Å². The van der Waals surface area contributed by atoms with E-state index < -0.39 is 0 Å². The zero-order chi connectivity index (χ0) is 28.3. The van der Waals surface area contributed by atoms with Gasteiger partial charge in [-0.05, 0) is 77.2 Å². The number of benzene rings is 2. The Bertz CT molecular complexity index is 1740. The van der Waals surface area contributed by atoms with E-state index in [1.54, 1.807) is 46.8 Å². The van der Waals surface area contributed by atoms with Crippen LogP contribution in [0.5, 0.6) is 0 Å². The average Bonchev–Trinajstić information content (AvgIpc) is 3.76. The fourth-order valence-electron chi connectivity index (χ4n) is 5.19. The molecule has 0 bridgehead atoms. The molecule has 1 atom stereocenters. The van der Waals surface area contributed by atoms with Gasteiger partial charge in [0.2, 0.25) is 0 Å². The fraction of sp³-hybridized carbons (Fsp3) is 0.241. The molecule has 1 amide bonds. The summed E-state index contributed by atoms with van der Waals surface area (Å²) in [6.45, 7) is 1.16. The molecule has 6 rings (SSSR count). The molecule has 0 unspecified atom stereocenters. The number of imidazole rings is 1. The molecular formula is C29H27ClN8O3. The largest absolute Gasteiger partial charge is 0.385 e. The number of carbonyl (C=O) groups is 1. The number of amides is 1. The number of aromatic nitrogens is 7. The minimum absolute atomic E-state index is 0.123. The molecule has 5 aromatic rings. The van der Waals surface area contributed by atoms with Crippen molar-refractivity contribution < 1.29 is 9.53 Å². The topological polar surface area (TPSA) is 133 Å². The monoisotopic (exact) mass is 570 g/mol. The van der Waals surface area contributed by atoms with Gasteiger partial charge in [-0.25, -0.2) is 4.98 Å². The highest BCUT2D eigenvalue weighted by atomic mass is 35.5. The third-order valence-electron chi connectivity index (χ3n) is 7.18. The van der Waals surface area contributed by atoms with Crippen LogP contribution in [-0.2, 0) is 11.2 Å². The lowest BCUT2D eigenvalue weighted by atomic mass is 10.0. The van der Waals surface area contributed by atoms with Gasteiger partial charge in [0, 0.05) is 48.2 Å². The van der Waals surface area contributed by atoms with Crippen molar-refractivity contribution >= 4 is 17.5 Å². The summed E-state index contributed by atoms with van der Waals surface area (Å²) in [7, 11) is 1.64. The van der Waals surface area contributed by atoms with E-state index in [0.29, 0.717) is 29.6 Å². The molecule has 12 heteroatoms. The number of carbonyl (C=O) groups excluding carboxylic acids is 1. The van der Waals surface area contributed by atoms with Crippen molar-refractivity contribution in [1.29, 1.82) is 0 Å². The van der Waals surface area contributed by atoms with Crippen LogP contribution in [0.1, 0.15) is 40.8 Å². The Morgan fingerprint density at radius 3 is 2.78 bits per heavy atom. The van der Waals surface area contributed by atoms with Crippen LogP contribution in [0.25, 0.3) is 28.1 Å². The predicted octanol–water partition coefficient (Wildman–Crippen LogP) is 3.84. The predicted molar refractivity (Wildman–Crippen MR) is 153 cm³/mol. The van der Waals surface area contributed by atoms with Crippen LogP contribution >= 0.6 is 11.6 Å². The Hall–Kier alpha value is -4.61. The first-order valence-electron chi connectivity index (χ1n) is 13.2. The molecule has 0 spiro atoms. The Balaban J connectivity index is 1.23. The standard InChI is InChI=1S/C29H27ClN8O3/c1-41-12-2-11-31-29(40)19-5-3-18(4-6-19)24-16-32-28(34-24)26-10-8-22-13-20(14-27(39)38(22)26)23-15-21(30)7-9-25(23)37-17-33-35-36-37/h3-7,9,13-17,26H,2,8,10-12H2,1H3,(H,31,40)(H,32,34)/t26-/m0/s1. The molecule has 11 nitrogen and oxygen atoms in total. The zero-order valence-corrected chi connectivity index (χ0v) is 23.0. The molecular weight excluding hydrogens is 544 g/mol. The highest BCUT2D eigenvalue weighted by molar-refractivity contribution is 6.31. The molecule has 2 aromatic carbocycles. The summed E-state index contributed by atoms with van der Waals surface area (Å²) >= 11 is 6.32. The van der Waals surface area contributed by atoms with Crippen LogP contribution in [-0.4, -0.2) is 60.9 Å². The van der Waals surface area contributed by atoms with Crippen molar-refractivity contribution in [2.45, 2.75) is 25.3 Å². The van der Waals surface area contributed by atoms with Gasteiger partial charge >= 0.3 is 0 Å². The molecule has 4 heterocycles. The van der Waals surface area contributed by atoms with Gasteiger partial charge in [0.05, 0.1) is 23.6 Å². The third kappa shape index (κ3) is 5.41. The number of tetrazole rings is 1. The van der Waals surface area contributed by atoms with Crippen LogP contribution < -0.4 is 10.9 Å². The Kier molecular flexibility index (Phi) is 7.45. The van der Waals surface area contributed by atoms with Gasteiger partial charge in [-0.15, -0.1) is 5.10 Å². The van der Waals surface area contributed by atoms with Crippen LogP contribution in [0, 0.1) is 0 Å². The van der Waals surface area contributed by atoms with Crippen LogP contribution in [0.4, 0.5) is 0 Å². The summed E-state index contributed by atoms with van der Waals surface area (Å²) in [5.41, 5.74) is 5.33. The number of halogens is 1. The number of aromatic amines is 1. The Labute approximate surface area is 240 Å². The summed E-state index contributed by atoms with van der Waals surface area (Å²) in [6, 6.07) is 16.2. The number of hydrogen-bond donors (Lipinski definition) is 2. The van der Waals surface area contributed by atoms with Crippen molar-refractivity contribution in [1.82, 2.24) is 40.1 Å². The number of nitrogens with zero attached hydrogens (tertiary/aromatic N) is 6. The summed E-state index contributed by atoms with van der Waals surface area (Å²) in [5.74, 6) is 0.591. The SMILES string of the molecule is COCCCNC(=O)c1ccc(-c2cnc([C@@H]3CCc4cc(-c5cc(Cl)ccc5-n5cnnn5)cc(=O)n43)[nH]2)cc1. The highest BCUT2D eigenvalue weighted by Gasteiger charge is 2.28. The summed E-state index contributed by atoms with van der Waals surface area (Å²) in [6.07, 6.45) is 5.48. The maximum absolute atomic E-state index is 13.5. The first-order chi connectivity index (χ1) is 20.0. The van der Waals surface area contributed by atoms with Crippen molar-refractivity contribution in [2.24, 2.45) is 0 Å². The summed E-state index contributed by atoms with van der Waals surface area (Å²) < 4.78 is 8.36.